The predicted octanol–water partition coefficient (Wildman–Crippen LogP) is 0.523. The molecule has 1 aromatic carbocycles. The summed E-state index contributed by atoms with van der Waals surface area (Å²) in [5.41, 5.74) is 12.8. The van der Waals surface area contributed by atoms with Crippen LogP contribution in [0.25, 0.3) is 10.9 Å². The van der Waals surface area contributed by atoms with Gasteiger partial charge < -0.3 is 16.5 Å². The minimum absolute atomic E-state index is 0.472. The van der Waals surface area contributed by atoms with Gasteiger partial charge in [0.05, 0.1) is 6.04 Å². The summed E-state index contributed by atoms with van der Waals surface area (Å²) in [5.74, 6) is -0.472. The predicted molar refractivity (Wildman–Crippen MR) is 59.2 cm³/mol. The zero-order valence-electron chi connectivity index (χ0n) is 8.23. The van der Waals surface area contributed by atoms with Gasteiger partial charge in [-0.15, -0.1) is 0 Å². The summed E-state index contributed by atoms with van der Waals surface area (Å²) in [6.07, 6.45) is 2.34. The molecule has 0 aliphatic heterocycles. The lowest BCUT2D eigenvalue weighted by molar-refractivity contribution is -0.119. The maximum atomic E-state index is 10.8. The smallest absolute Gasteiger partial charge is 0.234 e. The third-order valence-corrected chi connectivity index (χ3v) is 2.48. The van der Waals surface area contributed by atoms with Gasteiger partial charge in [-0.05, 0) is 18.1 Å². The Balaban J connectivity index is 2.32. The van der Waals surface area contributed by atoms with Crippen LogP contribution in [0.1, 0.15) is 5.56 Å². The molecule has 1 aromatic heterocycles. The number of hydrogen-bond acceptors (Lipinski definition) is 2. The van der Waals surface area contributed by atoms with Crippen LogP contribution in [0, 0.1) is 0 Å². The van der Waals surface area contributed by atoms with Crippen molar-refractivity contribution < 1.29 is 4.79 Å². The van der Waals surface area contributed by atoms with Gasteiger partial charge in [0, 0.05) is 17.1 Å². The van der Waals surface area contributed by atoms with Crippen molar-refractivity contribution in [2.75, 3.05) is 0 Å². The van der Waals surface area contributed by atoms with Gasteiger partial charge >= 0.3 is 0 Å². The Morgan fingerprint density at radius 3 is 2.87 bits per heavy atom. The number of rotatable bonds is 3. The number of H-pyrrole nitrogens is 1. The van der Waals surface area contributed by atoms with Crippen molar-refractivity contribution in [1.82, 2.24) is 4.98 Å². The highest BCUT2D eigenvalue weighted by molar-refractivity contribution is 5.85. The zero-order valence-corrected chi connectivity index (χ0v) is 8.23. The average molecular weight is 203 g/mol. The van der Waals surface area contributed by atoms with Gasteiger partial charge in [-0.3, -0.25) is 4.79 Å². The number of amides is 1. The third-order valence-electron chi connectivity index (χ3n) is 2.48. The number of fused-ring (bicyclic) bond motifs is 1. The highest BCUT2D eigenvalue weighted by Crippen LogP contribution is 2.18. The second kappa shape index (κ2) is 3.74. The van der Waals surface area contributed by atoms with Crippen LogP contribution in [-0.4, -0.2) is 16.9 Å². The second-order valence-electron chi connectivity index (χ2n) is 3.57. The first-order valence-corrected chi connectivity index (χ1v) is 4.78. The summed E-state index contributed by atoms with van der Waals surface area (Å²) in [6, 6.07) is 7.26. The number of aromatic amines is 1. The Hall–Kier alpha value is -1.81. The lowest BCUT2D eigenvalue weighted by atomic mass is 10.1. The van der Waals surface area contributed by atoms with E-state index in [0.29, 0.717) is 6.42 Å². The van der Waals surface area contributed by atoms with Crippen LogP contribution in [0.15, 0.2) is 30.5 Å². The molecule has 4 nitrogen and oxygen atoms in total. The van der Waals surface area contributed by atoms with Crippen molar-refractivity contribution in [3.8, 4) is 0 Å². The molecule has 0 aliphatic carbocycles. The molecule has 0 radical (unpaired) electrons. The van der Waals surface area contributed by atoms with Crippen molar-refractivity contribution in [3.05, 3.63) is 36.0 Å². The number of carbonyl (C=O) groups excluding carboxylic acids is 1. The fourth-order valence-electron chi connectivity index (χ4n) is 1.64. The summed E-state index contributed by atoms with van der Waals surface area (Å²) in [6.45, 7) is 0. The number of nitrogens with two attached hydrogens (primary N) is 2. The van der Waals surface area contributed by atoms with Crippen molar-refractivity contribution in [2.45, 2.75) is 12.5 Å². The molecule has 1 amide bonds. The number of aromatic nitrogens is 1. The van der Waals surface area contributed by atoms with Crippen LogP contribution in [0.3, 0.4) is 0 Å². The molecule has 0 bridgehead atoms. The Morgan fingerprint density at radius 2 is 2.13 bits per heavy atom. The molecular weight excluding hydrogens is 190 g/mol. The van der Waals surface area contributed by atoms with Crippen molar-refractivity contribution in [3.63, 3.8) is 0 Å². The highest BCUT2D eigenvalue weighted by atomic mass is 16.1. The van der Waals surface area contributed by atoms with Crippen LogP contribution in [0.5, 0.6) is 0 Å². The van der Waals surface area contributed by atoms with Crippen LogP contribution in [0.4, 0.5) is 0 Å². The molecule has 0 unspecified atom stereocenters. The normalized spacial score (nSPS) is 12.9. The summed E-state index contributed by atoms with van der Waals surface area (Å²) in [7, 11) is 0. The molecule has 15 heavy (non-hydrogen) atoms. The molecule has 1 heterocycles. The number of carbonyl (C=O) groups is 1. The Bertz CT molecular complexity index is 489. The van der Waals surface area contributed by atoms with Crippen LogP contribution < -0.4 is 11.5 Å². The second-order valence-corrected chi connectivity index (χ2v) is 3.57. The maximum Gasteiger partial charge on any atom is 0.234 e. The van der Waals surface area contributed by atoms with Crippen LogP contribution >= 0.6 is 0 Å². The number of para-hydroxylation sites is 1. The zero-order chi connectivity index (χ0) is 10.8. The van der Waals surface area contributed by atoms with E-state index in [0.717, 1.165) is 16.5 Å². The summed E-state index contributed by atoms with van der Waals surface area (Å²) >= 11 is 0. The molecule has 0 fully saturated rings. The third kappa shape index (κ3) is 1.85. The molecule has 2 rings (SSSR count). The summed E-state index contributed by atoms with van der Waals surface area (Å²) in [5, 5.41) is 1.09. The summed E-state index contributed by atoms with van der Waals surface area (Å²) < 4.78 is 0. The van der Waals surface area contributed by atoms with Gasteiger partial charge in [0.2, 0.25) is 5.91 Å². The van der Waals surface area contributed by atoms with E-state index in [-0.39, 0.29) is 0 Å². The van der Waals surface area contributed by atoms with Gasteiger partial charge in [-0.1, -0.05) is 18.2 Å². The first-order valence-electron chi connectivity index (χ1n) is 4.78. The van der Waals surface area contributed by atoms with Gasteiger partial charge in [0.25, 0.3) is 0 Å². The molecule has 0 aliphatic rings. The van der Waals surface area contributed by atoms with E-state index in [1.165, 1.54) is 0 Å². The Labute approximate surface area is 87.3 Å². The minimum Gasteiger partial charge on any atom is -0.368 e. The highest BCUT2D eigenvalue weighted by Gasteiger charge is 2.12. The number of nitrogens with one attached hydrogen (secondary N) is 1. The lowest BCUT2D eigenvalue weighted by Gasteiger charge is -2.05. The molecule has 0 saturated carbocycles. The monoisotopic (exact) mass is 203 g/mol. The molecule has 1 atom stereocenters. The fourth-order valence-corrected chi connectivity index (χ4v) is 1.64. The number of primary amides is 1. The van der Waals surface area contributed by atoms with Gasteiger partial charge in [-0.25, -0.2) is 0 Å². The topological polar surface area (TPSA) is 84.9 Å². The molecule has 0 spiro atoms. The quantitative estimate of drug-likeness (QED) is 0.679. The van der Waals surface area contributed by atoms with E-state index >= 15 is 0 Å². The van der Waals surface area contributed by atoms with Crippen LogP contribution in [-0.2, 0) is 11.2 Å². The van der Waals surface area contributed by atoms with Crippen LogP contribution in [0.2, 0.25) is 0 Å². The van der Waals surface area contributed by atoms with E-state index in [2.05, 4.69) is 4.98 Å². The molecule has 2 aromatic rings. The van der Waals surface area contributed by atoms with Crippen molar-refractivity contribution in [1.29, 1.82) is 0 Å². The molecule has 0 saturated heterocycles. The van der Waals surface area contributed by atoms with E-state index in [1.54, 1.807) is 0 Å². The lowest BCUT2D eigenvalue weighted by Crippen LogP contribution is -2.38. The van der Waals surface area contributed by atoms with Crippen molar-refractivity contribution >= 4 is 16.8 Å². The SMILES string of the molecule is NC(=O)[C@@H](N)Cc1c[nH]c2ccccc12. The first-order chi connectivity index (χ1) is 7.18. The average Bonchev–Trinajstić information content (AvgIpc) is 2.62. The summed E-state index contributed by atoms with van der Waals surface area (Å²) in [4.78, 5) is 14.0. The molecule has 4 heteroatoms. The van der Waals surface area contributed by atoms with Crippen molar-refractivity contribution in [2.24, 2.45) is 11.5 Å². The standard InChI is InChI=1S/C11H13N3O/c12-9(11(13)15)5-7-6-14-10-4-2-1-3-8(7)10/h1-4,6,9,14H,5,12H2,(H2,13,15)/t9-/m0/s1. The molecule has 5 N–H and O–H groups in total. The van der Waals surface area contributed by atoms with E-state index < -0.39 is 11.9 Å². The van der Waals surface area contributed by atoms with Gasteiger partial charge in [-0.2, -0.15) is 0 Å². The van der Waals surface area contributed by atoms with Gasteiger partial charge in [0.1, 0.15) is 0 Å². The fraction of sp³-hybridized carbons (Fsp3) is 0.182. The van der Waals surface area contributed by atoms with E-state index in [4.69, 9.17) is 11.5 Å². The number of hydrogen-bond donors (Lipinski definition) is 3. The van der Waals surface area contributed by atoms with E-state index in [9.17, 15) is 4.79 Å². The molecule has 78 valence electrons. The van der Waals surface area contributed by atoms with E-state index in [1.807, 2.05) is 30.5 Å². The minimum atomic E-state index is -0.621. The Kier molecular flexibility index (Phi) is 2.43. The Morgan fingerprint density at radius 1 is 1.40 bits per heavy atom. The number of benzene rings is 1. The van der Waals surface area contributed by atoms with Gasteiger partial charge in [0.15, 0.2) is 0 Å². The first kappa shape index (κ1) is 9.73. The maximum absolute atomic E-state index is 10.8. The molecular formula is C11H13N3O. The largest absolute Gasteiger partial charge is 0.368 e.